The lowest BCUT2D eigenvalue weighted by molar-refractivity contribution is -0.123. The standard InChI is InChI=1S/C14H20O2/c1-2-7-14(15)12-16-11-6-10-13-8-4-3-5-9-13/h3-5,8-9H,2,6-7,10-12H2,1H3. The fourth-order valence-electron chi connectivity index (χ4n) is 1.56. The molecule has 2 heteroatoms. The third-order valence-electron chi connectivity index (χ3n) is 2.39. The molecule has 16 heavy (non-hydrogen) atoms. The van der Waals surface area contributed by atoms with E-state index in [4.69, 9.17) is 4.74 Å². The van der Waals surface area contributed by atoms with E-state index in [-0.39, 0.29) is 12.4 Å². The van der Waals surface area contributed by atoms with Gasteiger partial charge in [0.15, 0.2) is 5.78 Å². The first-order chi connectivity index (χ1) is 7.83. The Bertz CT molecular complexity index is 293. The molecule has 0 aliphatic heterocycles. The van der Waals surface area contributed by atoms with Crippen LogP contribution in [0.2, 0.25) is 0 Å². The Morgan fingerprint density at radius 2 is 2.00 bits per heavy atom. The van der Waals surface area contributed by atoms with Gasteiger partial charge in [-0.25, -0.2) is 0 Å². The van der Waals surface area contributed by atoms with Crippen molar-refractivity contribution >= 4 is 5.78 Å². The Morgan fingerprint density at radius 3 is 2.69 bits per heavy atom. The topological polar surface area (TPSA) is 26.3 Å². The van der Waals surface area contributed by atoms with Crippen LogP contribution in [0.5, 0.6) is 0 Å². The summed E-state index contributed by atoms with van der Waals surface area (Å²) < 4.78 is 5.32. The number of hydrogen-bond acceptors (Lipinski definition) is 2. The highest BCUT2D eigenvalue weighted by atomic mass is 16.5. The van der Waals surface area contributed by atoms with Crippen molar-refractivity contribution < 1.29 is 9.53 Å². The van der Waals surface area contributed by atoms with Crippen LogP contribution in [0.25, 0.3) is 0 Å². The molecule has 0 aliphatic carbocycles. The van der Waals surface area contributed by atoms with Gasteiger partial charge in [0.2, 0.25) is 0 Å². The molecule has 0 spiro atoms. The van der Waals surface area contributed by atoms with Crippen LogP contribution in [0.4, 0.5) is 0 Å². The molecule has 0 saturated carbocycles. The zero-order valence-corrected chi connectivity index (χ0v) is 9.95. The number of hydrogen-bond donors (Lipinski definition) is 0. The monoisotopic (exact) mass is 220 g/mol. The minimum atomic E-state index is 0.210. The molecule has 0 N–H and O–H groups in total. The summed E-state index contributed by atoms with van der Waals surface area (Å²) in [6.45, 7) is 2.96. The largest absolute Gasteiger partial charge is 0.374 e. The van der Waals surface area contributed by atoms with E-state index in [1.54, 1.807) is 0 Å². The van der Waals surface area contributed by atoms with Crippen molar-refractivity contribution in [3.05, 3.63) is 35.9 Å². The summed E-state index contributed by atoms with van der Waals surface area (Å²) in [4.78, 5) is 11.2. The number of benzene rings is 1. The molecule has 1 aromatic rings. The molecule has 0 saturated heterocycles. The van der Waals surface area contributed by atoms with Gasteiger partial charge in [0, 0.05) is 13.0 Å². The maximum atomic E-state index is 11.2. The maximum absolute atomic E-state index is 11.2. The lowest BCUT2D eigenvalue weighted by atomic mass is 10.1. The Hall–Kier alpha value is -1.15. The Kier molecular flexibility index (Phi) is 6.50. The first-order valence-corrected chi connectivity index (χ1v) is 5.96. The van der Waals surface area contributed by atoms with E-state index in [0.717, 1.165) is 19.3 Å². The number of rotatable bonds is 8. The predicted molar refractivity (Wildman–Crippen MR) is 65.5 cm³/mol. The van der Waals surface area contributed by atoms with Crippen LogP contribution in [-0.2, 0) is 16.0 Å². The number of aryl methyl sites for hydroxylation is 1. The van der Waals surface area contributed by atoms with Gasteiger partial charge in [0.05, 0.1) is 0 Å². The third kappa shape index (κ3) is 5.66. The average Bonchev–Trinajstić information content (AvgIpc) is 2.30. The minimum absolute atomic E-state index is 0.210. The minimum Gasteiger partial charge on any atom is -0.374 e. The highest BCUT2D eigenvalue weighted by molar-refractivity contribution is 5.79. The molecule has 88 valence electrons. The highest BCUT2D eigenvalue weighted by Gasteiger charge is 1.99. The summed E-state index contributed by atoms with van der Waals surface area (Å²) in [6.07, 6.45) is 3.54. The van der Waals surface area contributed by atoms with E-state index >= 15 is 0 Å². The van der Waals surface area contributed by atoms with Gasteiger partial charge in [-0.05, 0) is 24.8 Å². The number of carbonyl (C=O) groups excluding carboxylic acids is 1. The van der Waals surface area contributed by atoms with Gasteiger partial charge in [-0.3, -0.25) is 4.79 Å². The van der Waals surface area contributed by atoms with Crippen LogP contribution >= 0.6 is 0 Å². The van der Waals surface area contributed by atoms with Crippen LogP contribution in [0.3, 0.4) is 0 Å². The van der Waals surface area contributed by atoms with Crippen molar-refractivity contribution in [1.29, 1.82) is 0 Å². The molecule has 0 fully saturated rings. The summed E-state index contributed by atoms with van der Waals surface area (Å²) >= 11 is 0. The summed E-state index contributed by atoms with van der Waals surface area (Å²) in [5.74, 6) is 0.210. The van der Waals surface area contributed by atoms with Crippen molar-refractivity contribution in [3.8, 4) is 0 Å². The maximum Gasteiger partial charge on any atom is 0.158 e. The van der Waals surface area contributed by atoms with Gasteiger partial charge in [-0.1, -0.05) is 37.3 Å². The molecular formula is C14H20O2. The van der Waals surface area contributed by atoms with Crippen molar-refractivity contribution in [3.63, 3.8) is 0 Å². The first-order valence-electron chi connectivity index (χ1n) is 5.96. The number of ketones is 1. The van der Waals surface area contributed by atoms with E-state index in [1.807, 2.05) is 25.1 Å². The zero-order valence-electron chi connectivity index (χ0n) is 9.95. The number of carbonyl (C=O) groups is 1. The molecule has 1 aromatic carbocycles. The molecule has 2 nitrogen and oxygen atoms in total. The molecule has 0 amide bonds. The van der Waals surface area contributed by atoms with Crippen LogP contribution in [0.1, 0.15) is 31.7 Å². The van der Waals surface area contributed by atoms with Gasteiger partial charge in [0.25, 0.3) is 0 Å². The molecule has 0 atom stereocenters. The second-order valence-electron chi connectivity index (χ2n) is 3.93. The third-order valence-corrected chi connectivity index (χ3v) is 2.39. The van der Waals surface area contributed by atoms with Gasteiger partial charge in [-0.15, -0.1) is 0 Å². The van der Waals surface area contributed by atoms with E-state index in [0.29, 0.717) is 13.0 Å². The van der Waals surface area contributed by atoms with Crippen LogP contribution in [0, 0.1) is 0 Å². The van der Waals surface area contributed by atoms with E-state index in [1.165, 1.54) is 5.56 Å². The Labute approximate surface area is 97.6 Å². The number of ether oxygens (including phenoxy) is 1. The van der Waals surface area contributed by atoms with Gasteiger partial charge >= 0.3 is 0 Å². The van der Waals surface area contributed by atoms with Gasteiger partial charge < -0.3 is 4.74 Å². The molecule has 1 rings (SSSR count). The quantitative estimate of drug-likeness (QED) is 0.629. The summed E-state index contributed by atoms with van der Waals surface area (Å²) in [7, 11) is 0. The Morgan fingerprint density at radius 1 is 1.25 bits per heavy atom. The smallest absolute Gasteiger partial charge is 0.158 e. The fraction of sp³-hybridized carbons (Fsp3) is 0.500. The van der Waals surface area contributed by atoms with Crippen molar-refractivity contribution in [2.45, 2.75) is 32.6 Å². The van der Waals surface area contributed by atoms with Crippen LogP contribution in [-0.4, -0.2) is 19.0 Å². The SMILES string of the molecule is CCCC(=O)COCCCc1ccccc1. The summed E-state index contributed by atoms with van der Waals surface area (Å²) in [6, 6.07) is 10.3. The fourth-order valence-corrected chi connectivity index (χ4v) is 1.56. The molecule has 0 unspecified atom stereocenters. The second-order valence-corrected chi connectivity index (χ2v) is 3.93. The van der Waals surface area contributed by atoms with Crippen molar-refractivity contribution in [1.82, 2.24) is 0 Å². The lowest BCUT2D eigenvalue weighted by Crippen LogP contribution is -2.09. The molecule has 0 heterocycles. The molecule has 0 radical (unpaired) electrons. The normalized spacial score (nSPS) is 10.3. The summed E-state index contributed by atoms with van der Waals surface area (Å²) in [5, 5.41) is 0. The first kappa shape index (κ1) is 12.9. The van der Waals surface area contributed by atoms with E-state index in [2.05, 4.69) is 12.1 Å². The molecular weight excluding hydrogens is 200 g/mol. The Balaban J connectivity index is 2.02. The van der Waals surface area contributed by atoms with Gasteiger partial charge in [-0.2, -0.15) is 0 Å². The van der Waals surface area contributed by atoms with E-state index in [9.17, 15) is 4.79 Å². The van der Waals surface area contributed by atoms with Crippen LogP contribution < -0.4 is 0 Å². The molecule has 0 aromatic heterocycles. The van der Waals surface area contributed by atoms with Gasteiger partial charge in [0.1, 0.15) is 6.61 Å². The second kappa shape index (κ2) is 8.05. The van der Waals surface area contributed by atoms with Crippen molar-refractivity contribution in [2.24, 2.45) is 0 Å². The average molecular weight is 220 g/mol. The number of Topliss-reactive ketones (excluding diaryl/α,β-unsaturated/α-hetero) is 1. The lowest BCUT2D eigenvalue weighted by Gasteiger charge is -2.03. The van der Waals surface area contributed by atoms with Crippen molar-refractivity contribution in [2.75, 3.05) is 13.2 Å². The molecule has 0 aliphatic rings. The summed E-state index contributed by atoms with van der Waals surface area (Å²) in [5.41, 5.74) is 1.32. The highest BCUT2D eigenvalue weighted by Crippen LogP contribution is 2.02. The van der Waals surface area contributed by atoms with Crippen LogP contribution in [0.15, 0.2) is 30.3 Å². The van der Waals surface area contributed by atoms with E-state index < -0.39 is 0 Å². The zero-order chi connectivity index (χ0) is 11.6. The molecule has 0 bridgehead atoms. The predicted octanol–water partition coefficient (Wildman–Crippen LogP) is 3.01.